The second-order valence-electron chi connectivity index (χ2n) is 7.40. The van der Waals surface area contributed by atoms with Crippen LogP contribution in [0.5, 0.6) is 0 Å². The van der Waals surface area contributed by atoms with Crippen LogP contribution in [-0.4, -0.2) is 30.4 Å². The van der Waals surface area contributed by atoms with Gasteiger partial charge in [0.25, 0.3) is 0 Å². The van der Waals surface area contributed by atoms with Crippen LogP contribution in [0.4, 0.5) is 0 Å². The van der Waals surface area contributed by atoms with E-state index in [1.165, 1.54) is 0 Å². The molecular formula is C14H27ClN2O. The molecule has 1 heterocycles. The van der Waals surface area contributed by atoms with Gasteiger partial charge < -0.3 is 10.6 Å². The zero-order chi connectivity index (χ0) is 13.1. The molecule has 0 aromatic carbocycles. The molecule has 0 aromatic rings. The summed E-state index contributed by atoms with van der Waals surface area (Å²) in [7, 11) is 0. The Morgan fingerprint density at radius 2 is 1.72 bits per heavy atom. The lowest BCUT2D eigenvalue weighted by Gasteiger charge is -2.23. The molecule has 1 unspecified atom stereocenters. The largest absolute Gasteiger partial charge is 0.342 e. The summed E-state index contributed by atoms with van der Waals surface area (Å²) >= 11 is 0. The van der Waals surface area contributed by atoms with Gasteiger partial charge >= 0.3 is 0 Å². The highest BCUT2D eigenvalue weighted by Crippen LogP contribution is 2.69. The van der Waals surface area contributed by atoms with E-state index >= 15 is 0 Å². The smallest absolute Gasteiger partial charge is 0.226 e. The Morgan fingerprint density at radius 1 is 1.22 bits per heavy atom. The summed E-state index contributed by atoms with van der Waals surface area (Å²) in [4.78, 5) is 14.6. The molecule has 1 aliphatic heterocycles. The molecule has 4 heteroatoms. The van der Waals surface area contributed by atoms with Gasteiger partial charge in [0.15, 0.2) is 0 Å². The van der Waals surface area contributed by atoms with Crippen molar-refractivity contribution in [2.24, 2.45) is 27.9 Å². The van der Waals surface area contributed by atoms with Crippen LogP contribution in [0, 0.1) is 22.2 Å². The molecule has 0 spiro atoms. The standard InChI is InChI=1S/C14H26N2O.ClH/c1-12(2)10(13(12,3)4)11(17)16-7-6-14(5,8-15)9-16;/h10H,6-9,15H2,1-5H3;1H. The number of hydrogen-bond acceptors (Lipinski definition) is 2. The topological polar surface area (TPSA) is 46.3 Å². The van der Waals surface area contributed by atoms with Crippen LogP contribution in [0.15, 0.2) is 0 Å². The van der Waals surface area contributed by atoms with Gasteiger partial charge in [-0.05, 0) is 29.2 Å². The number of halogens is 1. The third-order valence-corrected chi connectivity index (χ3v) is 5.63. The van der Waals surface area contributed by atoms with Crippen LogP contribution in [0.25, 0.3) is 0 Å². The van der Waals surface area contributed by atoms with Gasteiger partial charge in [-0.2, -0.15) is 0 Å². The Bertz CT molecular complexity index is 340. The van der Waals surface area contributed by atoms with Gasteiger partial charge in [-0.3, -0.25) is 4.79 Å². The molecule has 2 N–H and O–H groups in total. The SMILES string of the molecule is CC1(CN)CCN(C(=O)C2C(C)(C)C2(C)C)C1.Cl. The summed E-state index contributed by atoms with van der Waals surface area (Å²) < 4.78 is 0. The van der Waals surface area contributed by atoms with Crippen LogP contribution < -0.4 is 5.73 Å². The first-order chi connectivity index (χ1) is 7.66. The Labute approximate surface area is 117 Å². The highest BCUT2D eigenvalue weighted by Gasteiger charge is 2.69. The first kappa shape index (κ1) is 15.8. The fourth-order valence-corrected chi connectivity index (χ4v) is 3.37. The number of likely N-dealkylation sites (tertiary alicyclic amines) is 1. The number of carbonyl (C=O) groups is 1. The highest BCUT2D eigenvalue weighted by atomic mass is 35.5. The Kier molecular flexibility index (Phi) is 3.84. The Balaban J connectivity index is 0.00000162. The second-order valence-corrected chi connectivity index (χ2v) is 7.40. The van der Waals surface area contributed by atoms with Gasteiger partial charge in [0.1, 0.15) is 0 Å². The van der Waals surface area contributed by atoms with E-state index in [4.69, 9.17) is 5.73 Å². The monoisotopic (exact) mass is 274 g/mol. The van der Waals surface area contributed by atoms with Crippen LogP contribution >= 0.6 is 12.4 Å². The van der Waals surface area contributed by atoms with Crippen LogP contribution in [-0.2, 0) is 4.79 Å². The minimum atomic E-state index is 0. The van der Waals surface area contributed by atoms with Crippen LogP contribution in [0.2, 0.25) is 0 Å². The average molecular weight is 275 g/mol. The molecule has 1 amide bonds. The van der Waals surface area contributed by atoms with E-state index in [0.717, 1.165) is 19.5 Å². The minimum absolute atomic E-state index is 0. The van der Waals surface area contributed by atoms with Crippen molar-refractivity contribution in [3.8, 4) is 0 Å². The van der Waals surface area contributed by atoms with Crippen LogP contribution in [0.3, 0.4) is 0 Å². The maximum atomic E-state index is 12.5. The van der Waals surface area contributed by atoms with Crippen LogP contribution in [0.1, 0.15) is 41.0 Å². The van der Waals surface area contributed by atoms with E-state index in [1.807, 2.05) is 4.90 Å². The molecule has 3 nitrogen and oxygen atoms in total. The van der Waals surface area contributed by atoms with Crippen molar-refractivity contribution in [1.82, 2.24) is 4.90 Å². The molecule has 1 saturated carbocycles. The van der Waals surface area contributed by atoms with E-state index in [9.17, 15) is 4.79 Å². The molecule has 2 rings (SSSR count). The zero-order valence-corrected chi connectivity index (χ0v) is 13.1. The summed E-state index contributed by atoms with van der Waals surface area (Å²) in [6.07, 6.45) is 1.04. The number of rotatable bonds is 2. The fourth-order valence-electron chi connectivity index (χ4n) is 3.37. The lowest BCUT2D eigenvalue weighted by molar-refractivity contribution is -0.133. The summed E-state index contributed by atoms with van der Waals surface area (Å²) in [6, 6.07) is 0. The minimum Gasteiger partial charge on any atom is -0.342 e. The molecule has 0 bridgehead atoms. The Hall–Kier alpha value is -0.280. The van der Waals surface area contributed by atoms with Gasteiger partial charge in [-0.1, -0.05) is 34.6 Å². The second kappa shape index (κ2) is 4.38. The third-order valence-electron chi connectivity index (χ3n) is 5.63. The summed E-state index contributed by atoms with van der Waals surface area (Å²) in [5, 5.41) is 0. The van der Waals surface area contributed by atoms with Crippen molar-refractivity contribution in [1.29, 1.82) is 0 Å². The number of nitrogens with zero attached hydrogens (tertiary/aromatic N) is 1. The van der Waals surface area contributed by atoms with E-state index in [-0.39, 0.29) is 34.6 Å². The maximum Gasteiger partial charge on any atom is 0.226 e. The molecule has 18 heavy (non-hydrogen) atoms. The molecule has 2 aliphatic rings. The van der Waals surface area contributed by atoms with Gasteiger partial charge in [-0.25, -0.2) is 0 Å². The molecule has 0 radical (unpaired) electrons. The van der Waals surface area contributed by atoms with E-state index in [2.05, 4.69) is 34.6 Å². The quantitative estimate of drug-likeness (QED) is 0.840. The molecule has 106 valence electrons. The maximum absolute atomic E-state index is 12.5. The predicted octanol–water partition coefficient (Wildman–Crippen LogP) is 2.29. The molecule has 2 fully saturated rings. The van der Waals surface area contributed by atoms with E-state index in [1.54, 1.807) is 0 Å². The van der Waals surface area contributed by atoms with Crippen molar-refractivity contribution in [2.45, 2.75) is 41.0 Å². The zero-order valence-electron chi connectivity index (χ0n) is 12.2. The lowest BCUT2D eigenvalue weighted by atomic mass is 9.90. The van der Waals surface area contributed by atoms with Gasteiger partial charge in [0.2, 0.25) is 5.91 Å². The summed E-state index contributed by atoms with van der Waals surface area (Å²) in [6.45, 7) is 13.4. The van der Waals surface area contributed by atoms with Crippen molar-refractivity contribution in [2.75, 3.05) is 19.6 Å². The average Bonchev–Trinajstić information content (AvgIpc) is 2.56. The number of nitrogens with two attached hydrogens (primary N) is 1. The number of hydrogen-bond donors (Lipinski definition) is 1. The normalized spacial score (nSPS) is 33.1. The van der Waals surface area contributed by atoms with E-state index in [0.29, 0.717) is 12.5 Å². The fraction of sp³-hybridized carbons (Fsp3) is 0.929. The van der Waals surface area contributed by atoms with Crippen molar-refractivity contribution >= 4 is 18.3 Å². The first-order valence-electron chi connectivity index (χ1n) is 6.65. The summed E-state index contributed by atoms with van der Waals surface area (Å²) in [5.74, 6) is 0.535. The van der Waals surface area contributed by atoms with Crippen molar-refractivity contribution in [3.05, 3.63) is 0 Å². The molecule has 1 saturated heterocycles. The first-order valence-corrected chi connectivity index (χ1v) is 6.65. The lowest BCUT2D eigenvalue weighted by Crippen LogP contribution is -2.36. The van der Waals surface area contributed by atoms with Gasteiger partial charge in [0.05, 0.1) is 0 Å². The molecule has 1 atom stereocenters. The Morgan fingerprint density at radius 3 is 2.06 bits per heavy atom. The summed E-state index contributed by atoms with van der Waals surface area (Å²) in [5.41, 5.74) is 6.22. The predicted molar refractivity (Wildman–Crippen MR) is 76.7 cm³/mol. The van der Waals surface area contributed by atoms with Crippen molar-refractivity contribution < 1.29 is 4.79 Å². The van der Waals surface area contributed by atoms with Crippen molar-refractivity contribution in [3.63, 3.8) is 0 Å². The van der Waals surface area contributed by atoms with Gasteiger partial charge in [-0.15, -0.1) is 12.4 Å². The highest BCUT2D eigenvalue weighted by molar-refractivity contribution is 5.85. The molecule has 0 aromatic heterocycles. The third kappa shape index (κ3) is 2.05. The van der Waals surface area contributed by atoms with E-state index < -0.39 is 0 Å². The molecular weight excluding hydrogens is 248 g/mol. The number of carbonyl (C=O) groups excluding carboxylic acids is 1. The molecule has 1 aliphatic carbocycles. The van der Waals surface area contributed by atoms with Gasteiger partial charge in [0, 0.05) is 19.0 Å². The number of amides is 1.